The quantitative estimate of drug-likeness (QED) is 0.605. The number of aromatic nitrogens is 2. The van der Waals surface area contributed by atoms with Gasteiger partial charge in [0.2, 0.25) is 0 Å². The first-order valence-corrected chi connectivity index (χ1v) is 10.2. The molecule has 5 rings (SSSR count). The summed E-state index contributed by atoms with van der Waals surface area (Å²) in [5.41, 5.74) is 1.30. The summed E-state index contributed by atoms with van der Waals surface area (Å²) in [6.45, 7) is 2.28. The molecule has 0 aliphatic carbocycles. The van der Waals surface area contributed by atoms with Crippen molar-refractivity contribution in [2.75, 3.05) is 20.1 Å². The van der Waals surface area contributed by atoms with Gasteiger partial charge in [0.25, 0.3) is 0 Å². The van der Waals surface area contributed by atoms with E-state index >= 15 is 0 Å². The fraction of sp³-hybridized carbons (Fsp3) is 0.304. The van der Waals surface area contributed by atoms with Crippen LogP contribution < -0.4 is 4.74 Å². The van der Waals surface area contributed by atoms with E-state index in [1.165, 1.54) is 12.1 Å². The van der Waals surface area contributed by atoms with Crippen molar-refractivity contribution in [3.8, 4) is 16.9 Å². The second kappa shape index (κ2) is 8.11. The number of ether oxygens (including phenoxy) is 1. The fourth-order valence-electron chi connectivity index (χ4n) is 3.94. The monoisotopic (exact) mass is 424 g/mol. The number of halogens is 2. The van der Waals surface area contributed by atoms with Crippen LogP contribution in [0.2, 0.25) is 0 Å². The number of nitrogens with zero attached hydrogens (tertiary/aromatic N) is 4. The summed E-state index contributed by atoms with van der Waals surface area (Å²) in [6.07, 6.45) is 3.92. The zero-order chi connectivity index (χ0) is 21.4. The highest BCUT2D eigenvalue weighted by Crippen LogP contribution is 2.30. The molecule has 0 saturated carbocycles. The highest BCUT2D eigenvalue weighted by Gasteiger charge is 2.26. The Balaban J connectivity index is 1.29. The van der Waals surface area contributed by atoms with Crippen LogP contribution >= 0.6 is 0 Å². The summed E-state index contributed by atoms with van der Waals surface area (Å²) < 4.78 is 37.3. The van der Waals surface area contributed by atoms with Gasteiger partial charge in [-0.05, 0) is 42.9 Å². The van der Waals surface area contributed by atoms with Crippen LogP contribution in [-0.4, -0.2) is 52.7 Å². The standard InChI is InChI=1S/C23H22F2N4O2/c1-28-12-19(13-28)30-17-5-3-15(4-6-17)23-20(24)9-16(10-21(23)25)22-11-18(31-27-22)14-29-8-2-7-26-29/h2-10,18-19H,11-14H2,1H3/t18-/m1/s1. The van der Waals surface area contributed by atoms with Crippen molar-refractivity contribution in [2.45, 2.75) is 25.2 Å². The van der Waals surface area contributed by atoms with Gasteiger partial charge in [-0.2, -0.15) is 5.10 Å². The van der Waals surface area contributed by atoms with Crippen molar-refractivity contribution in [3.63, 3.8) is 0 Å². The van der Waals surface area contributed by atoms with E-state index in [-0.39, 0.29) is 17.8 Å². The van der Waals surface area contributed by atoms with E-state index in [0.29, 0.717) is 35.6 Å². The van der Waals surface area contributed by atoms with E-state index in [0.717, 1.165) is 13.1 Å². The summed E-state index contributed by atoms with van der Waals surface area (Å²) in [6, 6.07) is 11.3. The summed E-state index contributed by atoms with van der Waals surface area (Å²) in [5.74, 6) is -0.579. The average Bonchev–Trinajstić information content (AvgIpc) is 3.40. The first-order valence-electron chi connectivity index (χ1n) is 10.2. The maximum Gasteiger partial charge on any atom is 0.152 e. The number of rotatable bonds is 6. The molecule has 3 aromatic rings. The van der Waals surface area contributed by atoms with Gasteiger partial charge < -0.3 is 9.57 Å². The lowest BCUT2D eigenvalue weighted by atomic mass is 9.98. The number of hydrogen-bond donors (Lipinski definition) is 0. The van der Waals surface area contributed by atoms with Crippen LogP contribution in [0, 0.1) is 11.6 Å². The molecule has 1 fully saturated rings. The molecule has 0 spiro atoms. The SMILES string of the molecule is CN1CC(Oc2ccc(-c3c(F)cc(C4=NO[C@@H](Cn5cccn5)C4)cc3F)cc2)C1. The van der Waals surface area contributed by atoms with E-state index in [9.17, 15) is 8.78 Å². The van der Waals surface area contributed by atoms with Crippen LogP contribution in [0.4, 0.5) is 8.78 Å². The molecular formula is C23H22F2N4O2. The number of benzene rings is 2. The fourth-order valence-corrected chi connectivity index (χ4v) is 3.94. The molecule has 6 nitrogen and oxygen atoms in total. The Morgan fingerprint density at radius 1 is 1.10 bits per heavy atom. The first-order chi connectivity index (χ1) is 15.0. The Hall–Kier alpha value is -3.26. The lowest BCUT2D eigenvalue weighted by Gasteiger charge is -2.36. The predicted octanol–water partition coefficient (Wildman–Crippen LogP) is 3.71. The Morgan fingerprint density at radius 2 is 1.84 bits per heavy atom. The van der Waals surface area contributed by atoms with Gasteiger partial charge in [0, 0.05) is 37.5 Å². The highest BCUT2D eigenvalue weighted by molar-refractivity contribution is 6.01. The summed E-state index contributed by atoms with van der Waals surface area (Å²) >= 11 is 0. The molecule has 2 aliphatic heterocycles. The van der Waals surface area contributed by atoms with Gasteiger partial charge in [-0.3, -0.25) is 9.58 Å². The predicted molar refractivity (Wildman–Crippen MR) is 112 cm³/mol. The molecule has 31 heavy (non-hydrogen) atoms. The van der Waals surface area contributed by atoms with Crippen LogP contribution in [0.15, 0.2) is 60.0 Å². The molecule has 160 valence electrons. The smallest absolute Gasteiger partial charge is 0.152 e. The second-order valence-corrected chi connectivity index (χ2v) is 8.00. The molecule has 0 unspecified atom stereocenters. The molecule has 0 radical (unpaired) electrons. The first kappa shape index (κ1) is 19.7. The number of oxime groups is 1. The summed E-state index contributed by atoms with van der Waals surface area (Å²) in [4.78, 5) is 7.58. The topological polar surface area (TPSA) is 51.9 Å². The summed E-state index contributed by atoms with van der Waals surface area (Å²) in [7, 11) is 2.03. The molecular weight excluding hydrogens is 402 g/mol. The largest absolute Gasteiger partial charge is 0.488 e. The number of hydrogen-bond acceptors (Lipinski definition) is 5. The molecule has 2 aliphatic rings. The van der Waals surface area contributed by atoms with E-state index in [4.69, 9.17) is 9.57 Å². The van der Waals surface area contributed by atoms with Crippen molar-refractivity contribution in [2.24, 2.45) is 5.16 Å². The zero-order valence-electron chi connectivity index (χ0n) is 17.0. The van der Waals surface area contributed by atoms with Gasteiger partial charge >= 0.3 is 0 Å². The number of likely N-dealkylation sites (N-methyl/N-ethyl adjacent to an activating group) is 1. The van der Waals surface area contributed by atoms with Crippen molar-refractivity contribution < 1.29 is 18.4 Å². The molecule has 8 heteroatoms. The molecule has 0 bridgehead atoms. The second-order valence-electron chi connectivity index (χ2n) is 8.00. The summed E-state index contributed by atoms with van der Waals surface area (Å²) in [5, 5.41) is 8.17. The van der Waals surface area contributed by atoms with E-state index < -0.39 is 11.6 Å². The van der Waals surface area contributed by atoms with Crippen LogP contribution in [0.1, 0.15) is 12.0 Å². The van der Waals surface area contributed by atoms with Gasteiger partial charge in [0.05, 0.1) is 17.8 Å². The minimum atomic E-state index is -0.637. The molecule has 0 amide bonds. The van der Waals surface area contributed by atoms with Crippen LogP contribution in [-0.2, 0) is 11.4 Å². The Labute approximate surface area is 178 Å². The third kappa shape index (κ3) is 4.16. The van der Waals surface area contributed by atoms with Gasteiger partial charge in [-0.1, -0.05) is 17.3 Å². The Kier molecular flexibility index (Phi) is 5.15. The lowest BCUT2D eigenvalue weighted by Crippen LogP contribution is -2.51. The van der Waals surface area contributed by atoms with Crippen molar-refractivity contribution >= 4 is 5.71 Å². The van der Waals surface area contributed by atoms with Gasteiger partial charge in [-0.15, -0.1) is 0 Å². The Morgan fingerprint density at radius 3 is 2.48 bits per heavy atom. The molecule has 0 N–H and O–H groups in total. The van der Waals surface area contributed by atoms with Gasteiger partial charge in [0.1, 0.15) is 23.5 Å². The molecule has 1 aromatic heterocycles. The third-order valence-electron chi connectivity index (χ3n) is 5.53. The average molecular weight is 424 g/mol. The van der Waals surface area contributed by atoms with Crippen LogP contribution in [0.3, 0.4) is 0 Å². The maximum atomic E-state index is 14.9. The molecule has 1 saturated heterocycles. The van der Waals surface area contributed by atoms with Crippen LogP contribution in [0.25, 0.3) is 11.1 Å². The molecule has 3 heterocycles. The van der Waals surface area contributed by atoms with Gasteiger partial charge in [-0.25, -0.2) is 8.78 Å². The van der Waals surface area contributed by atoms with Crippen molar-refractivity contribution in [1.29, 1.82) is 0 Å². The van der Waals surface area contributed by atoms with Crippen molar-refractivity contribution in [3.05, 3.63) is 72.1 Å². The molecule has 1 atom stereocenters. The van der Waals surface area contributed by atoms with E-state index in [1.807, 2.05) is 19.3 Å². The zero-order valence-corrected chi connectivity index (χ0v) is 17.0. The molecule has 2 aromatic carbocycles. The van der Waals surface area contributed by atoms with Crippen molar-refractivity contribution in [1.82, 2.24) is 14.7 Å². The van der Waals surface area contributed by atoms with Crippen LogP contribution in [0.5, 0.6) is 5.75 Å². The minimum absolute atomic E-state index is 0.0636. The van der Waals surface area contributed by atoms with Gasteiger partial charge in [0.15, 0.2) is 6.10 Å². The third-order valence-corrected chi connectivity index (χ3v) is 5.53. The Bertz CT molecular complexity index is 1070. The number of likely N-dealkylation sites (tertiary alicyclic amines) is 1. The van der Waals surface area contributed by atoms with E-state index in [1.54, 1.807) is 35.1 Å². The highest BCUT2D eigenvalue weighted by atomic mass is 19.1. The lowest BCUT2D eigenvalue weighted by molar-refractivity contribution is 0.0388. The minimum Gasteiger partial charge on any atom is -0.488 e. The maximum absolute atomic E-state index is 14.9. The normalized spacial score (nSPS) is 19.1. The van der Waals surface area contributed by atoms with E-state index in [2.05, 4.69) is 15.2 Å².